The Labute approximate surface area is 148 Å². The highest BCUT2D eigenvalue weighted by molar-refractivity contribution is 7.46. The minimum absolute atomic E-state index is 0.130. The Kier molecular flexibility index (Phi) is 6.85. The van der Waals surface area contributed by atoms with E-state index < -0.39 is 35.8 Å². The third-order valence-corrected chi connectivity index (χ3v) is 3.64. The molecule has 0 spiro atoms. The molecule has 0 aliphatic heterocycles. The molecule has 1 amide bonds. The van der Waals surface area contributed by atoms with E-state index in [1.165, 1.54) is 4.90 Å². The number of carbonyl (C=O) groups excluding carboxylic acids is 1. The lowest BCUT2D eigenvalue weighted by molar-refractivity contribution is -0.385. The molecule has 0 saturated carbocycles. The molecule has 11 nitrogen and oxygen atoms in total. The highest BCUT2D eigenvalue weighted by Gasteiger charge is 2.26. The fraction of sp³-hybridized carbons (Fsp3) is 0.286. The van der Waals surface area contributed by atoms with Gasteiger partial charge in [-0.25, -0.2) is 4.57 Å². The van der Waals surface area contributed by atoms with E-state index in [1.807, 2.05) is 0 Å². The molecule has 0 aliphatic carbocycles. The molecule has 0 heterocycles. The van der Waals surface area contributed by atoms with Crippen molar-refractivity contribution in [2.24, 2.45) is 0 Å². The van der Waals surface area contributed by atoms with Crippen LogP contribution in [0.1, 0.15) is 19.4 Å². The van der Waals surface area contributed by atoms with Gasteiger partial charge in [-0.2, -0.15) is 5.26 Å². The topological polar surface area (TPSA) is 174 Å². The average molecular weight is 385 g/mol. The van der Waals surface area contributed by atoms with E-state index in [1.54, 1.807) is 19.9 Å². The van der Waals surface area contributed by atoms with Crippen molar-refractivity contribution >= 4 is 25.5 Å². The van der Waals surface area contributed by atoms with E-state index in [-0.39, 0.29) is 11.1 Å². The van der Waals surface area contributed by atoms with Crippen LogP contribution in [0.25, 0.3) is 6.08 Å². The van der Waals surface area contributed by atoms with Crippen LogP contribution in [-0.2, 0) is 9.36 Å². The molecule has 0 atom stereocenters. The van der Waals surface area contributed by atoms with E-state index in [2.05, 4.69) is 4.52 Å². The number of hydrogen-bond donors (Lipinski definition) is 3. The van der Waals surface area contributed by atoms with E-state index in [9.17, 15) is 29.8 Å². The summed E-state index contributed by atoms with van der Waals surface area (Å²) in [4.78, 5) is 41.3. The SMILES string of the molecule is CCN(CC)C(=O)/C(C#N)=C/c1cc(OP(=O)(O)O)c(O)c([N+](=O)[O-])c1. The number of amides is 1. The molecule has 0 aromatic heterocycles. The zero-order valence-electron chi connectivity index (χ0n) is 13.8. The van der Waals surface area contributed by atoms with Gasteiger partial charge in [-0.15, -0.1) is 0 Å². The Balaban J connectivity index is 3.51. The number of phosphoric ester groups is 1. The fourth-order valence-electron chi connectivity index (χ4n) is 2.02. The molecule has 0 fully saturated rings. The van der Waals surface area contributed by atoms with Gasteiger partial charge in [-0.1, -0.05) is 0 Å². The Bertz CT molecular complexity index is 835. The molecule has 1 aromatic carbocycles. The third kappa shape index (κ3) is 5.29. The Morgan fingerprint density at radius 3 is 2.42 bits per heavy atom. The quantitative estimate of drug-likeness (QED) is 0.207. The van der Waals surface area contributed by atoms with Crippen molar-refractivity contribution in [1.82, 2.24) is 4.90 Å². The maximum Gasteiger partial charge on any atom is 0.524 e. The summed E-state index contributed by atoms with van der Waals surface area (Å²) in [5.74, 6) is -2.57. The molecule has 0 saturated heterocycles. The summed E-state index contributed by atoms with van der Waals surface area (Å²) in [6.45, 7) is 4.06. The molecule has 3 N–H and O–H groups in total. The van der Waals surface area contributed by atoms with Crippen molar-refractivity contribution in [3.05, 3.63) is 33.4 Å². The zero-order chi connectivity index (χ0) is 20.1. The van der Waals surface area contributed by atoms with Gasteiger partial charge in [0.25, 0.3) is 5.91 Å². The van der Waals surface area contributed by atoms with Crippen LogP contribution in [-0.4, -0.2) is 43.7 Å². The highest BCUT2D eigenvalue weighted by atomic mass is 31.2. The first-order chi connectivity index (χ1) is 12.0. The number of carbonyl (C=O) groups is 1. The molecular formula is C14H16N3O8P. The van der Waals surface area contributed by atoms with E-state index in [0.29, 0.717) is 13.1 Å². The molecule has 0 aliphatic rings. The number of likely N-dealkylation sites (N-methyl/N-ethyl adjacent to an activating group) is 1. The maximum absolute atomic E-state index is 12.2. The van der Waals surface area contributed by atoms with Crippen LogP contribution in [0.4, 0.5) is 5.69 Å². The molecule has 0 bridgehead atoms. The smallest absolute Gasteiger partial charge is 0.500 e. The fourth-order valence-corrected chi connectivity index (χ4v) is 2.42. The van der Waals surface area contributed by atoms with Gasteiger partial charge < -0.3 is 14.5 Å². The molecule has 26 heavy (non-hydrogen) atoms. The number of nitro groups is 1. The van der Waals surface area contributed by atoms with Gasteiger partial charge in [-0.3, -0.25) is 24.7 Å². The number of hydrogen-bond acceptors (Lipinski definition) is 7. The van der Waals surface area contributed by atoms with Gasteiger partial charge in [0.2, 0.25) is 5.75 Å². The molecular weight excluding hydrogens is 369 g/mol. The average Bonchev–Trinajstić information content (AvgIpc) is 2.54. The number of nitriles is 1. The number of nitrogens with zero attached hydrogens (tertiary/aromatic N) is 3. The van der Waals surface area contributed by atoms with Gasteiger partial charge in [0, 0.05) is 19.2 Å². The molecule has 1 aromatic rings. The molecule has 140 valence electrons. The number of nitro benzene ring substituents is 1. The second-order valence-electron chi connectivity index (χ2n) is 4.87. The van der Waals surface area contributed by atoms with Crippen LogP contribution in [0.3, 0.4) is 0 Å². The van der Waals surface area contributed by atoms with Crippen molar-refractivity contribution in [1.29, 1.82) is 5.26 Å². The van der Waals surface area contributed by atoms with Crippen molar-refractivity contribution in [2.75, 3.05) is 13.1 Å². The summed E-state index contributed by atoms with van der Waals surface area (Å²) in [6, 6.07) is 3.38. The molecule has 12 heteroatoms. The lowest BCUT2D eigenvalue weighted by Gasteiger charge is -2.17. The largest absolute Gasteiger partial charge is 0.524 e. The standard InChI is InChI=1S/C14H16N3O8P/c1-3-16(4-2)14(19)10(8-15)5-9-6-11(17(20)21)13(18)12(7-9)25-26(22,23)24/h5-7,18H,3-4H2,1-2H3,(H2,22,23,24)/b10-5+. The lowest BCUT2D eigenvalue weighted by atomic mass is 10.1. The second-order valence-corrected chi connectivity index (χ2v) is 6.04. The van der Waals surface area contributed by atoms with Crippen molar-refractivity contribution in [3.63, 3.8) is 0 Å². The van der Waals surface area contributed by atoms with Gasteiger partial charge in [0.1, 0.15) is 11.6 Å². The van der Waals surface area contributed by atoms with Crippen LogP contribution in [0, 0.1) is 21.4 Å². The summed E-state index contributed by atoms with van der Waals surface area (Å²) in [7, 11) is -5.11. The first kappa shape index (κ1) is 21.1. The van der Waals surface area contributed by atoms with Gasteiger partial charge >= 0.3 is 13.5 Å². The van der Waals surface area contributed by atoms with Crippen LogP contribution >= 0.6 is 7.82 Å². The minimum atomic E-state index is -5.11. The number of rotatable bonds is 7. The van der Waals surface area contributed by atoms with Gasteiger partial charge in [-0.05, 0) is 31.6 Å². The van der Waals surface area contributed by atoms with Crippen LogP contribution in [0.2, 0.25) is 0 Å². The van der Waals surface area contributed by atoms with Crippen LogP contribution in [0.15, 0.2) is 17.7 Å². The predicted octanol–water partition coefficient (Wildman–Crippen LogP) is 1.55. The minimum Gasteiger partial charge on any atom is -0.500 e. The number of aromatic hydroxyl groups is 1. The number of phenols is 1. The highest BCUT2D eigenvalue weighted by Crippen LogP contribution is 2.45. The van der Waals surface area contributed by atoms with Crippen molar-refractivity contribution < 1.29 is 33.7 Å². The number of phosphoric acid groups is 1. The van der Waals surface area contributed by atoms with Gasteiger partial charge in [0.15, 0.2) is 5.75 Å². The predicted molar refractivity (Wildman–Crippen MR) is 89.0 cm³/mol. The lowest BCUT2D eigenvalue weighted by Crippen LogP contribution is -2.31. The van der Waals surface area contributed by atoms with E-state index in [0.717, 1.165) is 18.2 Å². The van der Waals surface area contributed by atoms with Gasteiger partial charge in [0.05, 0.1) is 4.92 Å². The van der Waals surface area contributed by atoms with E-state index >= 15 is 0 Å². The Hall–Kier alpha value is -2.93. The summed E-state index contributed by atoms with van der Waals surface area (Å²) in [5, 5.41) is 29.9. The monoisotopic (exact) mass is 385 g/mol. The first-order valence-electron chi connectivity index (χ1n) is 7.21. The zero-order valence-corrected chi connectivity index (χ0v) is 14.7. The Morgan fingerprint density at radius 1 is 1.42 bits per heavy atom. The number of phenolic OH excluding ortho intramolecular Hbond substituents is 1. The summed E-state index contributed by atoms with van der Waals surface area (Å²) in [5.41, 5.74) is -1.39. The van der Waals surface area contributed by atoms with Crippen LogP contribution < -0.4 is 4.52 Å². The van der Waals surface area contributed by atoms with Crippen molar-refractivity contribution in [2.45, 2.75) is 13.8 Å². The summed E-state index contributed by atoms with van der Waals surface area (Å²) in [6.07, 6.45) is 1.000. The van der Waals surface area contributed by atoms with Crippen LogP contribution in [0.5, 0.6) is 11.5 Å². The van der Waals surface area contributed by atoms with E-state index in [4.69, 9.17) is 9.79 Å². The summed E-state index contributed by atoms with van der Waals surface area (Å²) >= 11 is 0. The van der Waals surface area contributed by atoms with Crippen molar-refractivity contribution in [3.8, 4) is 17.6 Å². The summed E-state index contributed by atoms with van der Waals surface area (Å²) < 4.78 is 15.2. The Morgan fingerprint density at radius 2 is 2.00 bits per heavy atom. The molecule has 0 unspecified atom stereocenters. The normalized spacial score (nSPS) is 11.6. The number of benzene rings is 1. The second kappa shape index (κ2) is 8.44. The third-order valence-electron chi connectivity index (χ3n) is 3.20. The maximum atomic E-state index is 12.2. The molecule has 1 rings (SSSR count). The first-order valence-corrected chi connectivity index (χ1v) is 8.74. The molecule has 0 radical (unpaired) electrons.